The summed E-state index contributed by atoms with van der Waals surface area (Å²) in [7, 11) is 0. The number of nitrogen functional groups attached to an aromatic ring is 1. The van der Waals surface area contributed by atoms with Gasteiger partial charge in [0.05, 0.1) is 16.8 Å². The number of hydrazine groups is 1. The number of carbonyl (C=O) groups is 3. The van der Waals surface area contributed by atoms with E-state index < -0.39 is 17.9 Å². The fourth-order valence-corrected chi connectivity index (χ4v) is 4.56. The fourth-order valence-electron chi connectivity index (χ4n) is 4.56. The van der Waals surface area contributed by atoms with Crippen molar-refractivity contribution < 1.29 is 19.5 Å². The van der Waals surface area contributed by atoms with Gasteiger partial charge >= 0.3 is 5.97 Å². The highest BCUT2D eigenvalue weighted by Gasteiger charge is 2.34. The van der Waals surface area contributed by atoms with Crippen molar-refractivity contribution in [2.45, 2.75) is 18.9 Å². The van der Waals surface area contributed by atoms with Crippen LogP contribution in [0.3, 0.4) is 0 Å². The van der Waals surface area contributed by atoms with Crippen molar-refractivity contribution in [2.75, 3.05) is 6.54 Å². The van der Waals surface area contributed by atoms with Crippen LogP contribution in [-0.2, 0) is 4.79 Å². The number of nitrogens with one attached hydrogen (secondary N) is 1. The number of rotatable bonds is 4. The first kappa shape index (κ1) is 27.3. The number of halogens is 1. The second kappa shape index (κ2) is 11.7. The Kier molecular flexibility index (Phi) is 8.20. The number of carboxylic acids is 1. The summed E-state index contributed by atoms with van der Waals surface area (Å²) >= 11 is 0. The Bertz CT molecular complexity index is 1630. The fraction of sp³-hybridized carbons (Fsp3) is 0.138. The Hall–Kier alpha value is -4.78. The van der Waals surface area contributed by atoms with E-state index in [0.29, 0.717) is 58.2 Å². The summed E-state index contributed by atoms with van der Waals surface area (Å²) in [6.07, 6.45) is 4.32. The van der Waals surface area contributed by atoms with Crippen LogP contribution < -0.4 is 11.3 Å². The smallest absolute Gasteiger partial charge is 0.326 e. The molecule has 2 aromatic heterocycles. The highest BCUT2D eigenvalue weighted by atomic mass is 35.5. The maximum atomic E-state index is 12.8. The van der Waals surface area contributed by atoms with Gasteiger partial charge in [-0.25, -0.2) is 15.6 Å². The number of aliphatic carboxylic acids is 1. The largest absolute Gasteiger partial charge is 0.480 e. The Balaban J connectivity index is 0.00000353. The Morgan fingerprint density at radius 2 is 1.82 bits per heavy atom. The average Bonchev–Trinajstić information content (AvgIpc) is 3.46. The van der Waals surface area contributed by atoms with Gasteiger partial charge in [0, 0.05) is 46.6 Å². The molecule has 1 aliphatic rings. The predicted molar refractivity (Wildman–Crippen MR) is 148 cm³/mol. The summed E-state index contributed by atoms with van der Waals surface area (Å²) in [5.41, 5.74) is 6.24. The first-order valence-corrected chi connectivity index (χ1v) is 12.0. The van der Waals surface area contributed by atoms with Crippen molar-refractivity contribution in [2.24, 2.45) is 5.84 Å². The van der Waals surface area contributed by atoms with Gasteiger partial charge in [0.1, 0.15) is 6.04 Å². The summed E-state index contributed by atoms with van der Waals surface area (Å²) < 4.78 is 0. The van der Waals surface area contributed by atoms with Crippen LogP contribution in [0.1, 0.15) is 44.7 Å². The number of carboxylic acid groups (broad SMARTS) is 1. The number of nitrogens with two attached hydrogens (primary N) is 1. The van der Waals surface area contributed by atoms with Gasteiger partial charge in [-0.1, -0.05) is 30.0 Å². The van der Waals surface area contributed by atoms with Crippen LogP contribution in [0.4, 0.5) is 0 Å². The monoisotopic (exact) mass is 541 g/mol. The molecule has 5 rings (SSSR count). The zero-order valence-corrected chi connectivity index (χ0v) is 21.4. The van der Waals surface area contributed by atoms with Crippen LogP contribution in [0.25, 0.3) is 22.2 Å². The molecule has 0 saturated carbocycles. The van der Waals surface area contributed by atoms with Crippen LogP contribution >= 0.6 is 12.4 Å². The molecule has 4 N–H and O–H groups in total. The summed E-state index contributed by atoms with van der Waals surface area (Å²) in [6.45, 7) is 0.433. The maximum Gasteiger partial charge on any atom is 0.326 e. The van der Waals surface area contributed by atoms with Gasteiger partial charge in [-0.05, 0) is 55.3 Å². The highest BCUT2D eigenvalue weighted by Crippen LogP contribution is 2.27. The predicted octanol–water partition coefficient (Wildman–Crippen LogP) is 3.41. The second-order valence-corrected chi connectivity index (χ2v) is 8.79. The maximum absolute atomic E-state index is 12.8. The number of benzene rings is 2. The molecule has 0 spiro atoms. The van der Waals surface area contributed by atoms with E-state index in [1.807, 2.05) is 24.3 Å². The third kappa shape index (κ3) is 5.57. The van der Waals surface area contributed by atoms with Crippen molar-refractivity contribution >= 4 is 41.1 Å². The molecular formula is C29H24ClN5O4. The molecule has 1 aliphatic heterocycles. The number of hydrogen-bond donors (Lipinski definition) is 3. The van der Waals surface area contributed by atoms with Gasteiger partial charge in [-0.15, -0.1) is 12.4 Å². The van der Waals surface area contributed by atoms with Crippen LogP contribution in [0, 0.1) is 11.8 Å². The van der Waals surface area contributed by atoms with Crippen LogP contribution in [-0.4, -0.2) is 50.3 Å². The minimum Gasteiger partial charge on any atom is -0.480 e. The minimum atomic E-state index is -0.981. The minimum absolute atomic E-state index is 0. The van der Waals surface area contributed by atoms with Crippen molar-refractivity contribution in [3.63, 3.8) is 0 Å². The Labute approximate surface area is 230 Å². The van der Waals surface area contributed by atoms with E-state index in [4.69, 9.17) is 10.8 Å². The number of aromatic nitrogens is 2. The number of nitrogens with zero attached hydrogens (tertiary/aromatic N) is 3. The average molecular weight is 542 g/mol. The molecule has 1 fully saturated rings. The molecule has 1 atom stereocenters. The highest BCUT2D eigenvalue weighted by molar-refractivity contribution is 6.06. The van der Waals surface area contributed by atoms with Crippen molar-refractivity contribution in [1.29, 1.82) is 0 Å². The molecule has 196 valence electrons. The van der Waals surface area contributed by atoms with Gasteiger partial charge in [0.2, 0.25) is 0 Å². The molecule has 1 saturated heterocycles. The number of pyridine rings is 2. The van der Waals surface area contributed by atoms with Gasteiger partial charge in [-0.2, -0.15) is 0 Å². The van der Waals surface area contributed by atoms with Gasteiger partial charge < -0.3 is 10.0 Å². The third-order valence-electron chi connectivity index (χ3n) is 6.46. The molecule has 1 unspecified atom stereocenters. The Morgan fingerprint density at radius 1 is 1.05 bits per heavy atom. The lowest BCUT2D eigenvalue weighted by Gasteiger charge is -2.21. The van der Waals surface area contributed by atoms with E-state index in [2.05, 4.69) is 22.3 Å². The van der Waals surface area contributed by atoms with Crippen molar-refractivity contribution in [3.8, 4) is 23.1 Å². The normalized spacial score (nSPS) is 14.2. The third-order valence-corrected chi connectivity index (χ3v) is 6.46. The molecule has 2 aromatic carbocycles. The lowest BCUT2D eigenvalue weighted by molar-refractivity contribution is -0.141. The van der Waals surface area contributed by atoms with E-state index in [1.54, 1.807) is 48.8 Å². The van der Waals surface area contributed by atoms with Crippen molar-refractivity contribution in [3.05, 3.63) is 95.3 Å². The summed E-state index contributed by atoms with van der Waals surface area (Å²) in [6, 6.07) is 16.9. The van der Waals surface area contributed by atoms with Gasteiger partial charge in [0.25, 0.3) is 11.8 Å². The molecule has 9 nitrogen and oxygen atoms in total. The van der Waals surface area contributed by atoms with E-state index in [9.17, 15) is 19.5 Å². The SMILES string of the molecule is Cl.NNC(=O)c1cc(-c2ccccc2C#Cc2ccc(C(=O)N3CCCC3C(=O)O)cc2)nc2ccncc12. The molecule has 0 aliphatic carbocycles. The molecule has 0 radical (unpaired) electrons. The summed E-state index contributed by atoms with van der Waals surface area (Å²) in [4.78, 5) is 46.9. The van der Waals surface area contributed by atoms with Crippen LogP contribution in [0.2, 0.25) is 0 Å². The van der Waals surface area contributed by atoms with E-state index in [1.165, 1.54) is 4.90 Å². The first-order valence-electron chi connectivity index (χ1n) is 12.0. The van der Waals surface area contributed by atoms with E-state index in [0.717, 1.165) is 5.56 Å². The number of fused-ring (bicyclic) bond motifs is 1. The zero-order chi connectivity index (χ0) is 26.6. The van der Waals surface area contributed by atoms with Crippen LogP contribution in [0.5, 0.6) is 0 Å². The molecule has 3 heterocycles. The first-order chi connectivity index (χ1) is 18.5. The standard InChI is InChI=1S/C29H23N5O4.ClH/c30-33-27(35)22-16-25(32-24-13-14-31-17-23(22)24)21-5-2-1-4-19(21)10-7-18-8-11-20(12-9-18)28(36)34-15-3-6-26(34)29(37)38;/h1-2,4-5,8-9,11-14,16-17,26H,3,6,15,30H2,(H,33,35)(H,37,38);1H. The number of amides is 2. The molecule has 2 amide bonds. The molecule has 10 heteroatoms. The lowest BCUT2D eigenvalue weighted by Crippen LogP contribution is -2.40. The second-order valence-electron chi connectivity index (χ2n) is 8.79. The molecule has 0 bridgehead atoms. The number of hydrogen-bond acceptors (Lipinski definition) is 6. The topological polar surface area (TPSA) is 139 Å². The Morgan fingerprint density at radius 3 is 2.56 bits per heavy atom. The van der Waals surface area contributed by atoms with E-state index >= 15 is 0 Å². The van der Waals surface area contributed by atoms with Gasteiger partial charge in [-0.3, -0.25) is 20.0 Å². The lowest BCUT2D eigenvalue weighted by atomic mass is 10.0. The zero-order valence-electron chi connectivity index (χ0n) is 20.6. The number of carbonyl (C=O) groups excluding carboxylic acids is 2. The quantitative estimate of drug-likeness (QED) is 0.156. The van der Waals surface area contributed by atoms with Crippen LogP contribution in [0.15, 0.2) is 73.1 Å². The molecule has 39 heavy (non-hydrogen) atoms. The summed E-state index contributed by atoms with van der Waals surface area (Å²) in [5.74, 6) is 9.95. The summed E-state index contributed by atoms with van der Waals surface area (Å²) in [5, 5.41) is 9.95. The molecule has 4 aromatic rings. The number of likely N-dealkylation sites (tertiary alicyclic amines) is 1. The van der Waals surface area contributed by atoms with Crippen molar-refractivity contribution in [1.82, 2.24) is 20.3 Å². The van der Waals surface area contributed by atoms with Gasteiger partial charge in [0.15, 0.2) is 0 Å². The van der Waals surface area contributed by atoms with E-state index in [-0.39, 0.29) is 18.3 Å². The molecular weight excluding hydrogens is 518 g/mol.